The molecule has 1 aliphatic carbocycles. The van der Waals surface area contributed by atoms with Gasteiger partial charge in [0.1, 0.15) is 5.75 Å². The maximum Gasteiger partial charge on any atom is 0.313 e. The standard InChI is InChI=1S/C21H24N2O3/c1-26-18-12-6-5-11-17(18)23-20(25)19(24)22-15-21(13-7-8-14-21)16-9-3-2-4-10-16/h2-6,9-12H,7-8,13-15H2,1H3,(H,22,24)(H,23,25). The van der Waals surface area contributed by atoms with Gasteiger partial charge in [-0.2, -0.15) is 0 Å². The van der Waals surface area contributed by atoms with Crippen LogP contribution in [-0.4, -0.2) is 25.5 Å². The Bertz CT molecular complexity index is 768. The van der Waals surface area contributed by atoms with Gasteiger partial charge in [-0.3, -0.25) is 9.59 Å². The van der Waals surface area contributed by atoms with Crippen molar-refractivity contribution >= 4 is 17.5 Å². The number of amides is 2. The second-order valence-corrected chi connectivity index (χ2v) is 6.69. The summed E-state index contributed by atoms with van der Waals surface area (Å²) in [5.74, 6) is -0.793. The molecule has 0 radical (unpaired) electrons. The van der Waals surface area contributed by atoms with E-state index in [0.717, 1.165) is 25.7 Å². The number of hydrogen-bond acceptors (Lipinski definition) is 3. The number of benzene rings is 2. The molecule has 0 aliphatic heterocycles. The highest BCUT2D eigenvalue weighted by Crippen LogP contribution is 2.40. The van der Waals surface area contributed by atoms with Gasteiger partial charge in [0, 0.05) is 12.0 Å². The minimum Gasteiger partial charge on any atom is -0.495 e. The summed E-state index contributed by atoms with van der Waals surface area (Å²) in [4.78, 5) is 24.6. The summed E-state index contributed by atoms with van der Waals surface area (Å²) < 4.78 is 5.19. The highest BCUT2D eigenvalue weighted by Gasteiger charge is 2.36. The predicted octanol–water partition coefficient (Wildman–Crippen LogP) is 3.26. The average Bonchev–Trinajstić information content (AvgIpc) is 3.17. The van der Waals surface area contributed by atoms with E-state index in [2.05, 4.69) is 22.8 Å². The van der Waals surface area contributed by atoms with E-state index in [-0.39, 0.29) is 5.41 Å². The van der Waals surface area contributed by atoms with Crippen LogP contribution in [0.4, 0.5) is 5.69 Å². The molecule has 2 aromatic carbocycles. The fraction of sp³-hybridized carbons (Fsp3) is 0.333. The molecule has 2 N–H and O–H groups in total. The van der Waals surface area contributed by atoms with Gasteiger partial charge in [0.25, 0.3) is 0 Å². The van der Waals surface area contributed by atoms with E-state index < -0.39 is 11.8 Å². The number of carbonyl (C=O) groups excluding carboxylic acids is 2. The second kappa shape index (κ2) is 8.04. The first-order valence-corrected chi connectivity index (χ1v) is 8.92. The third-order valence-electron chi connectivity index (χ3n) is 5.10. The lowest BCUT2D eigenvalue weighted by atomic mass is 9.79. The second-order valence-electron chi connectivity index (χ2n) is 6.69. The molecule has 0 unspecified atom stereocenters. The molecule has 1 fully saturated rings. The molecular weight excluding hydrogens is 328 g/mol. The van der Waals surface area contributed by atoms with Crippen molar-refractivity contribution in [3.63, 3.8) is 0 Å². The van der Waals surface area contributed by atoms with Crippen LogP contribution in [0.5, 0.6) is 5.75 Å². The molecule has 1 saturated carbocycles. The Morgan fingerprint density at radius 3 is 2.31 bits per heavy atom. The highest BCUT2D eigenvalue weighted by atomic mass is 16.5. The van der Waals surface area contributed by atoms with Crippen LogP contribution >= 0.6 is 0 Å². The largest absolute Gasteiger partial charge is 0.495 e. The van der Waals surface area contributed by atoms with Gasteiger partial charge in [-0.25, -0.2) is 0 Å². The predicted molar refractivity (Wildman–Crippen MR) is 101 cm³/mol. The van der Waals surface area contributed by atoms with E-state index in [1.54, 1.807) is 24.3 Å². The molecule has 2 aromatic rings. The van der Waals surface area contributed by atoms with E-state index in [1.165, 1.54) is 12.7 Å². The number of methoxy groups -OCH3 is 1. The summed E-state index contributed by atoms with van der Waals surface area (Å²) in [6.07, 6.45) is 4.31. The van der Waals surface area contributed by atoms with Crippen LogP contribution in [0, 0.1) is 0 Å². The lowest BCUT2D eigenvalue weighted by Crippen LogP contribution is -2.43. The first-order chi connectivity index (χ1) is 12.6. The minimum absolute atomic E-state index is 0.0817. The molecule has 0 saturated heterocycles. The van der Waals surface area contributed by atoms with Crippen molar-refractivity contribution in [1.29, 1.82) is 0 Å². The van der Waals surface area contributed by atoms with Gasteiger partial charge in [-0.05, 0) is 30.5 Å². The molecule has 26 heavy (non-hydrogen) atoms. The van der Waals surface area contributed by atoms with Crippen LogP contribution < -0.4 is 15.4 Å². The Kier molecular flexibility index (Phi) is 5.56. The Balaban J connectivity index is 1.64. The van der Waals surface area contributed by atoms with Crippen LogP contribution in [-0.2, 0) is 15.0 Å². The van der Waals surface area contributed by atoms with E-state index in [4.69, 9.17) is 4.74 Å². The third kappa shape index (κ3) is 3.87. The summed E-state index contributed by atoms with van der Waals surface area (Å²) in [6.45, 7) is 0.467. The molecule has 0 bridgehead atoms. The minimum atomic E-state index is -0.685. The Hall–Kier alpha value is -2.82. The highest BCUT2D eigenvalue weighted by molar-refractivity contribution is 6.39. The Labute approximate surface area is 153 Å². The van der Waals surface area contributed by atoms with Gasteiger partial charge in [0.05, 0.1) is 12.8 Å². The molecule has 0 atom stereocenters. The molecule has 2 amide bonds. The zero-order valence-corrected chi connectivity index (χ0v) is 15.0. The maximum absolute atomic E-state index is 12.3. The first kappa shape index (κ1) is 18.0. The van der Waals surface area contributed by atoms with Crippen LogP contribution in [0.25, 0.3) is 0 Å². The summed E-state index contributed by atoms with van der Waals surface area (Å²) in [5, 5.41) is 5.44. The molecule has 0 spiro atoms. The number of nitrogens with one attached hydrogen (secondary N) is 2. The van der Waals surface area contributed by atoms with Gasteiger partial charge in [-0.1, -0.05) is 55.3 Å². The summed E-state index contributed by atoms with van der Waals surface area (Å²) >= 11 is 0. The van der Waals surface area contributed by atoms with Crippen LogP contribution in [0.3, 0.4) is 0 Å². The molecule has 0 heterocycles. The zero-order valence-electron chi connectivity index (χ0n) is 15.0. The lowest BCUT2D eigenvalue weighted by molar-refractivity contribution is -0.136. The van der Waals surface area contributed by atoms with Gasteiger partial charge in [-0.15, -0.1) is 0 Å². The van der Waals surface area contributed by atoms with E-state index in [1.807, 2.05) is 18.2 Å². The fourth-order valence-corrected chi connectivity index (χ4v) is 3.67. The van der Waals surface area contributed by atoms with Crippen molar-refractivity contribution in [3.05, 3.63) is 60.2 Å². The van der Waals surface area contributed by atoms with E-state index in [0.29, 0.717) is 18.0 Å². The zero-order chi connectivity index (χ0) is 18.4. The van der Waals surface area contributed by atoms with E-state index >= 15 is 0 Å². The molecule has 5 nitrogen and oxygen atoms in total. The van der Waals surface area contributed by atoms with Gasteiger partial charge < -0.3 is 15.4 Å². The fourth-order valence-electron chi connectivity index (χ4n) is 3.67. The Morgan fingerprint density at radius 1 is 0.962 bits per heavy atom. The number of hydrogen-bond donors (Lipinski definition) is 2. The van der Waals surface area contributed by atoms with Crippen molar-refractivity contribution in [1.82, 2.24) is 5.32 Å². The van der Waals surface area contributed by atoms with Gasteiger partial charge in [0.15, 0.2) is 0 Å². The quantitative estimate of drug-likeness (QED) is 0.812. The molecule has 1 aliphatic rings. The average molecular weight is 352 g/mol. The normalized spacial score (nSPS) is 15.3. The van der Waals surface area contributed by atoms with Crippen molar-refractivity contribution < 1.29 is 14.3 Å². The molecular formula is C21H24N2O3. The summed E-state index contributed by atoms with van der Waals surface area (Å²) in [5.41, 5.74) is 1.62. The van der Waals surface area contributed by atoms with Crippen LogP contribution in [0.2, 0.25) is 0 Å². The number of rotatable bonds is 5. The van der Waals surface area contributed by atoms with E-state index in [9.17, 15) is 9.59 Å². The molecule has 0 aromatic heterocycles. The maximum atomic E-state index is 12.3. The van der Waals surface area contributed by atoms with Crippen molar-refractivity contribution in [2.45, 2.75) is 31.1 Å². The monoisotopic (exact) mass is 352 g/mol. The molecule has 136 valence electrons. The smallest absolute Gasteiger partial charge is 0.313 e. The number of anilines is 1. The van der Waals surface area contributed by atoms with Crippen LogP contribution in [0.1, 0.15) is 31.2 Å². The topological polar surface area (TPSA) is 67.4 Å². The third-order valence-corrected chi connectivity index (χ3v) is 5.10. The SMILES string of the molecule is COc1ccccc1NC(=O)C(=O)NCC1(c2ccccc2)CCCC1. The van der Waals surface area contributed by atoms with Crippen molar-refractivity contribution in [2.24, 2.45) is 0 Å². The van der Waals surface area contributed by atoms with Crippen molar-refractivity contribution in [3.8, 4) is 5.75 Å². The summed E-state index contributed by atoms with van der Waals surface area (Å²) in [6, 6.07) is 17.3. The van der Waals surface area contributed by atoms with Crippen LogP contribution in [0.15, 0.2) is 54.6 Å². The van der Waals surface area contributed by atoms with Gasteiger partial charge in [0.2, 0.25) is 0 Å². The Morgan fingerprint density at radius 2 is 1.62 bits per heavy atom. The number of ether oxygens (including phenoxy) is 1. The summed E-state index contributed by atoms with van der Waals surface area (Å²) in [7, 11) is 1.52. The lowest BCUT2D eigenvalue weighted by Gasteiger charge is -2.29. The molecule has 5 heteroatoms. The molecule has 3 rings (SSSR count). The number of para-hydroxylation sites is 2. The van der Waals surface area contributed by atoms with Gasteiger partial charge >= 0.3 is 11.8 Å². The number of carbonyl (C=O) groups is 2. The van der Waals surface area contributed by atoms with Crippen molar-refractivity contribution in [2.75, 3.05) is 19.0 Å². The first-order valence-electron chi connectivity index (χ1n) is 8.92.